The highest BCUT2D eigenvalue weighted by atomic mass is 19.1. The van der Waals surface area contributed by atoms with Crippen LogP contribution in [0.25, 0.3) is 0 Å². The molecule has 2 amide bonds. The molecule has 3 rings (SSSR count). The molecule has 0 spiro atoms. The molecular weight excluding hydrogens is 402 g/mol. The lowest BCUT2D eigenvalue weighted by atomic mass is 10.1. The number of nitrogens with zero attached hydrogens (tertiary/aromatic N) is 4. The average Bonchev–Trinajstić information content (AvgIpc) is 2.77. The summed E-state index contributed by atoms with van der Waals surface area (Å²) in [5.41, 5.74) is 2.47. The molecule has 0 aliphatic carbocycles. The van der Waals surface area contributed by atoms with Gasteiger partial charge in [-0.25, -0.2) is 9.37 Å². The molecule has 1 saturated heterocycles. The normalized spacial score (nSPS) is 14.0. The Kier molecular flexibility index (Phi) is 7.20. The van der Waals surface area contributed by atoms with Gasteiger partial charge >= 0.3 is 0 Å². The Morgan fingerprint density at radius 1 is 1.10 bits per heavy atom. The minimum absolute atomic E-state index is 0.0459. The molecule has 31 heavy (non-hydrogen) atoms. The molecule has 6 nitrogen and oxygen atoms in total. The Morgan fingerprint density at radius 2 is 1.81 bits per heavy atom. The van der Waals surface area contributed by atoms with Crippen LogP contribution in [0.5, 0.6) is 0 Å². The van der Waals surface area contributed by atoms with Gasteiger partial charge in [-0.15, -0.1) is 0 Å². The lowest BCUT2D eigenvalue weighted by molar-refractivity contribution is -0.131. The quantitative estimate of drug-likeness (QED) is 0.660. The molecule has 0 N–H and O–H groups in total. The molecule has 1 aliphatic heterocycles. The number of rotatable bonds is 6. The van der Waals surface area contributed by atoms with Gasteiger partial charge in [0.15, 0.2) is 0 Å². The van der Waals surface area contributed by atoms with Crippen LogP contribution < -0.4 is 9.80 Å². The first kappa shape index (κ1) is 22.7. The third kappa shape index (κ3) is 5.37. The van der Waals surface area contributed by atoms with E-state index in [-0.39, 0.29) is 17.5 Å². The van der Waals surface area contributed by atoms with Crippen molar-refractivity contribution in [2.45, 2.75) is 33.1 Å². The maximum Gasteiger partial charge on any atom is 0.226 e. The predicted octanol–water partition coefficient (Wildman–Crippen LogP) is 3.32. The number of carbonyl (C=O) groups is 2. The first-order valence-electron chi connectivity index (χ1n) is 10.5. The second-order valence-corrected chi connectivity index (χ2v) is 7.69. The van der Waals surface area contributed by atoms with Gasteiger partial charge < -0.3 is 14.7 Å². The number of hydrogen-bond acceptors (Lipinski definition) is 4. The number of hydrogen-bond donors (Lipinski definition) is 0. The zero-order valence-corrected chi connectivity index (χ0v) is 18.2. The van der Waals surface area contributed by atoms with Crippen molar-refractivity contribution in [1.29, 1.82) is 0 Å². The van der Waals surface area contributed by atoms with E-state index in [9.17, 15) is 18.4 Å². The van der Waals surface area contributed by atoms with Gasteiger partial charge in [-0.2, -0.15) is 4.39 Å². The Morgan fingerprint density at radius 3 is 2.42 bits per heavy atom. The fourth-order valence-electron chi connectivity index (χ4n) is 3.77. The highest BCUT2D eigenvalue weighted by Crippen LogP contribution is 2.26. The van der Waals surface area contributed by atoms with Crippen LogP contribution >= 0.6 is 0 Å². The van der Waals surface area contributed by atoms with E-state index < -0.39 is 11.8 Å². The van der Waals surface area contributed by atoms with E-state index in [0.29, 0.717) is 51.1 Å². The number of halogens is 2. The fraction of sp³-hybridized carbons (Fsp3) is 0.435. The van der Waals surface area contributed by atoms with Crippen molar-refractivity contribution in [1.82, 2.24) is 9.88 Å². The van der Waals surface area contributed by atoms with E-state index in [4.69, 9.17) is 0 Å². The molecule has 0 unspecified atom stereocenters. The largest absolute Gasteiger partial charge is 0.368 e. The van der Waals surface area contributed by atoms with Crippen molar-refractivity contribution in [2.75, 3.05) is 43.0 Å². The minimum Gasteiger partial charge on any atom is -0.368 e. The number of amides is 2. The van der Waals surface area contributed by atoms with E-state index in [2.05, 4.69) is 4.98 Å². The van der Waals surface area contributed by atoms with Crippen molar-refractivity contribution in [3.05, 3.63) is 53.4 Å². The minimum atomic E-state index is -0.517. The van der Waals surface area contributed by atoms with E-state index in [1.807, 2.05) is 4.90 Å². The summed E-state index contributed by atoms with van der Waals surface area (Å²) in [5.74, 6) is -1.06. The van der Waals surface area contributed by atoms with Crippen molar-refractivity contribution in [3.8, 4) is 0 Å². The van der Waals surface area contributed by atoms with Crippen LogP contribution in [0.1, 0.15) is 31.0 Å². The second-order valence-electron chi connectivity index (χ2n) is 7.69. The lowest BCUT2D eigenvalue weighted by Crippen LogP contribution is -2.48. The van der Waals surface area contributed by atoms with Gasteiger partial charge in [-0.05, 0) is 43.2 Å². The van der Waals surface area contributed by atoms with Gasteiger partial charge in [0.2, 0.25) is 17.8 Å². The average molecular weight is 430 g/mol. The molecule has 0 radical (unpaired) electrons. The Bertz CT molecular complexity index is 959. The van der Waals surface area contributed by atoms with Crippen molar-refractivity contribution >= 4 is 23.2 Å². The molecule has 0 saturated carbocycles. The smallest absolute Gasteiger partial charge is 0.226 e. The maximum atomic E-state index is 14.6. The summed E-state index contributed by atoms with van der Waals surface area (Å²) in [4.78, 5) is 33.4. The van der Waals surface area contributed by atoms with Crippen LogP contribution in [0.15, 0.2) is 30.3 Å². The first-order chi connectivity index (χ1) is 14.8. The van der Waals surface area contributed by atoms with Crippen LogP contribution in [0, 0.1) is 18.7 Å². The Balaban J connectivity index is 1.54. The number of benzene rings is 1. The zero-order chi connectivity index (χ0) is 22.5. The molecule has 2 heterocycles. The molecule has 0 atom stereocenters. The van der Waals surface area contributed by atoms with Crippen molar-refractivity contribution < 1.29 is 18.4 Å². The standard InChI is InChI=1S/C23H28F2N4O2/c1-4-22(30)27(3)20-8-7-18(15-19(20)24)28-11-13-29(14-12-28)23(31)10-6-17-5-9-21(25)26-16(17)2/h5,7-9,15H,4,6,10-14H2,1-3H3. The van der Waals surface area contributed by atoms with E-state index >= 15 is 0 Å². The highest BCUT2D eigenvalue weighted by Gasteiger charge is 2.22. The number of anilines is 2. The van der Waals surface area contributed by atoms with Gasteiger partial charge in [0.05, 0.1) is 5.69 Å². The lowest BCUT2D eigenvalue weighted by Gasteiger charge is -2.36. The molecule has 1 aromatic carbocycles. The highest BCUT2D eigenvalue weighted by molar-refractivity contribution is 5.92. The summed E-state index contributed by atoms with van der Waals surface area (Å²) in [5, 5.41) is 0. The summed E-state index contributed by atoms with van der Waals surface area (Å²) < 4.78 is 27.7. The number of pyridine rings is 1. The van der Waals surface area contributed by atoms with Crippen LogP contribution in [-0.4, -0.2) is 54.9 Å². The fourth-order valence-corrected chi connectivity index (χ4v) is 3.77. The summed E-state index contributed by atoms with van der Waals surface area (Å²) in [6.45, 7) is 5.79. The van der Waals surface area contributed by atoms with Gasteiger partial charge in [0, 0.05) is 57.4 Å². The molecule has 8 heteroatoms. The van der Waals surface area contributed by atoms with Gasteiger partial charge in [-0.1, -0.05) is 13.0 Å². The Hall–Kier alpha value is -3.03. The number of carbonyl (C=O) groups excluding carboxylic acids is 2. The van der Waals surface area contributed by atoms with E-state index in [0.717, 1.165) is 11.3 Å². The maximum absolute atomic E-state index is 14.6. The SMILES string of the molecule is CCC(=O)N(C)c1ccc(N2CCN(C(=O)CCc3ccc(F)nc3C)CC2)cc1F. The van der Waals surface area contributed by atoms with Gasteiger partial charge in [-0.3, -0.25) is 9.59 Å². The third-order valence-electron chi connectivity index (χ3n) is 5.74. The van der Waals surface area contributed by atoms with Crippen LogP contribution in [0.4, 0.5) is 20.2 Å². The second kappa shape index (κ2) is 9.85. The molecular formula is C23H28F2N4O2. The molecule has 1 fully saturated rings. The summed E-state index contributed by atoms with van der Waals surface area (Å²) in [6, 6.07) is 7.85. The van der Waals surface area contributed by atoms with Crippen molar-refractivity contribution in [3.63, 3.8) is 0 Å². The number of piperazine rings is 1. The topological polar surface area (TPSA) is 56.8 Å². The molecule has 1 aliphatic rings. The molecule has 2 aromatic rings. The van der Waals surface area contributed by atoms with Gasteiger partial charge in [0.25, 0.3) is 0 Å². The summed E-state index contributed by atoms with van der Waals surface area (Å²) >= 11 is 0. The van der Waals surface area contributed by atoms with Crippen LogP contribution in [-0.2, 0) is 16.0 Å². The molecule has 166 valence electrons. The number of aryl methyl sites for hydroxylation is 2. The van der Waals surface area contributed by atoms with E-state index in [1.165, 1.54) is 17.0 Å². The van der Waals surface area contributed by atoms with Crippen molar-refractivity contribution in [2.24, 2.45) is 0 Å². The zero-order valence-electron chi connectivity index (χ0n) is 18.2. The summed E-state index contributed by atoms with van der Waals surface area (Å²) in [6.07, 6.45) is 1.18. The number of aromatic nitrogens is 1. The first-order valence-corrected chi connectivity index (χ1v) is 10.5. The molecule has 1 aromatic heterocycles. The van der Waals surface area contributed by atoms with Crippen LogP contribution in [0.3, 0.4) is 0 Å². The van der Waals surface area contributed by atoms with Crippen LogP contribution in [0.2, 0.25) is 0 Å². The van der Waals surface area contributed by atoms with E-state index in [1.54, 1.807) is 44.0 Å². The van der Waals surface area contributed by atoms with Gasteiger partial charge in [0.1, 0.15) is 5.82 Å². The monoisotopic (exact) mass is 430 g/mol. The Labute approximate surface area is 181 Å². The molecule has 0 bridgehead atoms. The third-order valence-corrected chi connectivity index (χ3v) is 5.74. The summed E-state index contributed by atoms with van der Waals surface area (Å²) in [7, 11) is 1.57. The predicted molar refractivity (Wildman–Crippen MR) is 116 cm³/mol.